The Hall–Kier alpha value is -3.35. The average Bonchev–Trinajstić information content (AvgIpc) is 2.63. The van der Waals surface area contributed by atoms with Crippen molar-refractivity contribution in [3.8, 4) is 0 Å². The SMILES string of the molecule is Cc1cc(C)c(NC(=O)C(C)OC(=O)c2ccc(NC(=O)OC(C)(C)C)cc2)c(C)c1. The lowest BCUT2D eigenvalue weighted by Gasteiger charge is -2.19. The molecule has 0 aliphatic heterocycles. The molecule has 2 rings (SSSR count). The smallest absolute Gasteiger partial charge is 0.412 e. The number of aryl methyl sites for hydroxylation is 3. The van der Waals surface area contributed by atoms with Crippen LogP contribution >= 0.6 is 0 Å². The second kappa shape index (κ2) is 9.64. The molecule has 2 amide bonds. The van der Waals surface area contributed by atoms with Crippen LogP contribution in [0.15, 0.2) is 36.4 Å². The van der Waals surface area contributed by atoms with Crippen LogP contribution in [0.3, 0.4) is 0 Å². The van der Waals surface area contributed by atoms with Crippen LogP contribution in [0.2, 0.25) is 0 Å². The van der Waals surface area contributed by atoms with Crippen molar-refractivity contribution in [2.45, 2.75) is 60.2 Å². The van der Waals surface area contributed by atoms with Gasteiger partial charge in [-0.1, -0.05) is 17.7 Å². The molecule has 2 aromatic carbocycles. The van der Waals surface area contributed by atoms with E-state index < -0.39 is 29.7 Å². The number of rotatable bonds is 5. The van der Waals surface area contributed by atoms with Gasteiger partial charge in [0.1, 0.15) is 5.60 Å². The molecule has 0 spiro atoms. The van der Waals surface area contributed by atoms with Gasteiger partial charge in [0.2, 0.25) is 0 Å². The minimum Gasteiger partial charge on any atom is -0.449 e. The lowest BCUT2D eigenvalue weighted by molar-refractivity contribution is -0.123. The maximum Gasteiger partial charge on any atom is 0.412 e. The van der Waals surface area contributed by atoms with E-state index >= 15 is 0 Å². The van der Waals surface area contributed by atoms with Crippen LogP contribution in [0.1, 0.15) is 54.7 Å². The molecule has 1 atom stereocenters. The first-order chi connectivity index (χ1) is 14.4. The third-order valence-corrected chi connectivity index (χ3v) is 4.34. The van der Waals surface area contributed by atoms with Gasteiger partial charge in [-0.2, -0.15) is 0 Å². The third-order valence-electron chi connectivity index (χ3n) is 4.34. The van der Waals surface area contributed by atoms with Crippen molar-refractivity contribution < 1.29 is 23.9 Å². The van der Waals surface area contributed by atoms with Gasteiger partial charge in [-0.05, 0) is 83.9 Å². The van der Waals surface area contributed by atoms with Gasteiger partial charge < -0.3 is 14.8 Å². The zero-order valence-corrected chi connectivity index (χ0v) is 19.1. The lowest BCUT2D eigenvalue weighted by atomic mass is 10.0. The summed E-state index contributed by atoms with van der Waals surface area (Å²) in [4.78, 5) is 36.7. The van der Waals surface area contributed by atoms with Crippen molar-refractivity contribution in [3.05, 3.63) is 58.7 Å². The summed E-state index contributed by atoms with van der Waals surface area (Å²) in [6, 6.07) is 10.1. The predicted octanol–water partition coefficient (Wildman–Crippen LogP) is 5.14. The third kappa shape index (κ3) is 7.13. The van der Waals surface area contributed by atoms with E-state index in [9.17, 15) is 14.4 Å². The van der Waals surface area contributed by atoms with E-state index in [-0.39, 0.29) is 5.56 Å². The fraction of sp³-hybridized carbons (Fsp3) is 0.375. The summed E-state index contributed by atoms with van der Waals surface area (Å²) >= 11 is 0. The van der Waals surface area contributed by atoms with Crippen LogP contribution in [-0.2, 0) is 14.3 Å². The molecular weight excluding hydrogens is 396 g/mol. The van der Waals surface area contributed by atoms with Crippen molar-refractivity contribution in [2.75, 3.05) is 10.6 Å². The Balaban J connectivity index is 1.96. The number of amides is 2. The highest BCUT2D eigenvalue weighted by molar-refractivity contribution is 5.98. The van der Waals surface area contributed by atoms with E-state index in [4.69, 9.17) is 9.47 Å². The van der Waals surface area contributed by atoms with Crippen LogP contribution in [-0.4, -0.2) is 29.7 Å². The van der Waals surface area contributed by atoms with E-state index in [1.165, 1.54) is 19.1 Å². The second-order valence-electron chi connectivity index (χ2n) is 8.51. The Morgan fingerprint density at radius 3 is 1.97 bits per heavy atom. The monoisotopic (exact) mass is 426 g/mol. The summed E-state index contributed by atoms with van der Waals surface area (Å²) in [7, 11) is 0. The number of benzene rings is 2. The number of esters is 1. The highest BCUT2D eigenvalue weighted by Crippen LogP contribution is 2.22. The first-order valence-electron chi connectivity index (χ1n) is 10.1. The maximum absolute atomic E-state index is 12.5. The van der Waals surface area contributed by atoms with Crippen LogP contribution in [0.5, 0.6) is 0 Å². The van der Waals surface area contributed by atoms with Gasteiger partial charge in [0.25, 0.3) is 5.91 Å². The highest BCUT2D eigenvalue weighted by Gasteiger charge is 2.21. The number of carbonyl (C=O) groups is 3. The molecule has 1 unspecified atom stereocenters. The number of anilines is 2. The average molecular weight is 427 g/mol. The molecule has 0 aliphatic carbocycles. The predicted molar refractivity (Wildman–Crippen MR) is 120 cm³/mol. The van der Waals surface area contributed by atoms with Crippen LogP contribution in [0, 0.1) is 20.8 Å². The largest absolute Gasteiger partial charge is 0.449 e. The van der Waals surface area contributed by atoms with Gasteiger partial charge in [0.05, 0.1) is 5.56 Å². The van der Waals surface area contributed by atoms with E-state index in [2.05, 4.69) is 10.6 Å². The minimum atomic E-state index is -0.979. The van der Waals surface area contributed by atoms with Gasteiger partial charge in [-0.3, -0.25) is 10.1 Å². The van der Waals surface area contributed by atoms with E-state index in [1.54, 1.807) is 32.9 Å². The first-order valence-corrected chi connectivity index (χ1v) is 10.1. The fourth-order valence-electron chi connectivity index (χ4n) is 3.00. The van der Waals surface area contributed by atoms with Gasteiger partial charge in [0, 0.05) is 11.4 Å². The summed E-state index contributed by atoms with van der Waals surface area (Å²) in [6.07, 6.45) is -1.57. The van der Waals surface area contributed by atoms with E-state index in [0.29, 0.717) is 5.69 Å². The highest BCUT2D eigenvalue weighted by atomic mass is 16.6. The van der Waals surface area contributed by atoms with Crippen LogP contribution < -0.4 is 10.6 Å². The lowest BCUT2D eigenvalue weighted by Crippen LogP contribution is -2.30. The zero-order valence-electron chi connectivity index (χ0n) is 19.1. The normalized spacial score (nSPS) is 12.0. The molecule has 0 heterocycles. The van der Waals surface area contributed by atoms with Gasteiger partial charge in [0.15, 0.2) is 6.10 Å². The van der Waals surface area contributed by atoms with Crippen LogP contribution in [0.4, 0.5) is 16.2 Å². The zero-order chi connectivity index (χ0) is 23.3. The molecule has 0 saturated heterocycles. The van der Waals surface area contributed by atoms with Crippen molar-refractivity contribution >= 4 is 29.3 Å². The number of hydrogen-bond acceptors (Lipinski definition) is 5. The molecule has 2 aromatic rings. The van der Waals surface area contributed by atoms with Crippen LogP contribution in [0.25, 0.3) is 0 Å². The summed E-state index contributed by atoms with van der Waals surface area (Å²) < 4.78 is 10.5. The summed E-state index contributed by atoms with van der Waals surface area (Å²) in [5.41, 5.74) is 3.84. The summed E-state index contributed by atoms with van der Waals surface area (Å²) in [5, 5.41) is 5.42. The van der Waals surface area contributed by atoms with Crippen molar-refractivity contribution in [2.24, 2.45) is 0 Å². The van der Waals surface area contributed by atoms with Crippen molar-refractivity contribution in [3.63, 3.8) is 0 Å². The number of hydrogen-bond donors (Lipinski definition) is 2. The summed E-state index contributed by atoms with van der Waals surface area (Å²) in [6.45, 7) is 12.6. The molecule has 7 heteroatoms. The minimum absolute atomic E-state index is 0.261. The number of carbonyl (C=O) groups excluding carboxylic acids is 3. The Morgan fingerprint density at radius 1 is 0.903 bits per heavy atom. The number of ether oxygens (including phenoxy) is 2. The molecule has 166 valence electrons. The van der Waals surface area contributed by atoms with E-state index in [0.717, 1.165) is 22.4 Å². The fourth-order valence-corrected chi connectivity index (χ4v) is 3.00. The Kier molecular flexibility index (Phi) is 7.44. The topological polar surface area (TPSA) is 93.7 Å². The second-order valence-corrected chi connectivity index (χ2v) is 8.51. The Labute approximate surface area is 183 Å². The molecule has 0 fully saturated rings. The molecule has 2 N–H and O–H groups in total. The van der Waals surface area contributed by atoms with Crippen molar-refractivity contribution in [1.29, 1.82) is 0 Å². The molecule has 0 radical (unpaired) electrons. The molecule has 0 aromatic heterocycles. The molecule has 31 heavy (non-hydrogen) atoms. The quantitative estimate of drug-likeness (QED) is 0.646. The molecule has 0 saturated carbocycles. The Morgan fingerprint density at radius 2 is 1.45 bits per heavy atom. The van der Waals surface area contributed by atoms with Gasteiger partial charge >= 0.3 is 12.1 Å². The first kappa shape index (κ1) is 23.9. The Bertz CT molecular complexity index is 951. The van der Waals surface area contributed by atoms with E-state index in [1.807, 2.05) is 32.9 Å². The summed E-state index contributed by atoms with van der Waals surface area (Å²) in [5.74, 6) is -1.05. The molecule has 0 aliphatic rings. The molecule has 0 bridgehead atoms. The van der Waals surface area contributed by atoms with Crippen molar-refractivity contribution in [1.82, 2.24) is 0 Å². The molecular formula is C24H30N2O5. The van der Waals surface area contributed by atoms with Gasteiger partial charge in [-0.15, -0.1) is 0 Å². The maximum atomic E-state index is 12.5. The standard InChI is InChI=1S/C24H30N2O5/c1-14-12-15(2)20(16(3)13-14)26-21(27)17(4)30-22(28)18-8-10-19(11-9-18)25-23(29)31-24(5,6)7/h8-13,17H,1-7H3,(H,25,29)(H,26,27). The van der Waals surface area contributed by atoms with Gasteiger partial charge in [-0.25, -0.2) is 9.59 Å². The number of nitrogens with one attached hydrogen (secondary N) is 2. The molecule has 7 nitrogen and oxygen atoms in total.